The Balaban J connectivity index is 1.36. The highest BCUT2D eigenvalue weighted by atomic mass is 35.5. The Labute approximate surface area is 184 Å². The molecule has 3 rings (SSSR count). The average molecular weight is 441 g/mol. The fraction of sp³-hybridized carbons (Fsp3) is 0.130. The zero-order chi connectivity index (χ0) is 21.9. The van der Waals surface area contributed by atoms with Crippen LogP contribution < -0.4 is 25.1 Å². The number of amides is 2. The van der Waals surface area contributed by atoms with Crippen LogP contribution in [0.2, 0.25) is 5.02 Å². The molecule has 160 valence electrons. The van der Waals surface area contributed by atoms with Gasteiger partial charge < -0.3 is 14.2 Å². The van der Waals surface area contributed by atoms with Gasteiger partial charge in [0.2, 0.25) is 0 Å². The van der Waals surface area contributed by atoms with E-state index in [9.17, 15) is 9.59 Å². The molecule has 0 aliphatic carbocycles. The van der Waals surface area contributed by atoms with Crippen molar-refractivity contribution in [2.75, 3.05) is 19.8 Å². The van der Waals surface area contributed by atoms with Gasteiger partial charge in [0.25, 0.3) is 11.8 Å². The third-order valence-electron chi connectivity index (χ3n) is 3.99. The number of ether oxygens (including phenoxy) is 3. The lowest BCUT2D eigenvalue weighted by atomic mass is 10.2. The van der Waals surface area contributed by atoms with Crippen molar-refractivity contribution < 1.29 is 23.8 Å². The van der Waals surface area contributed by atoms with E-state index >= 15 is 0 Å². The number of hydrogen-bond donors (Lipinski definition) is 2. The van der Waals surface area contributed by atoms with Crippen molar-refractivity contribution in [3.63, 3.8) is 0 Å². The van der Waals surface area contributed by atoms with Gasteiger partial charge in [-0.15, -0.1) is 0 Å². The highest BCUT2D eigenvalue weighted by molar-refractivity contribution is 6.32. The predicted molar refractivity (Wildman–Crippen MR) is 116 cm³/mol. The van der Waals surface area contributed by atoms with Crippen LogP contribution in [-0.2, 0) is 4.79 Å². The highest BCUT2D eigenvalue weighted by Crippen LogP contribution is 2.22. The van der Waals surface area contributed by atoms with Gasteiger partial charge in [0.05, 0.1) is 5.02 Å². The molecule has 0 bridgehead atoms. The number of carbonyl (C=O) groups is 2. The molecule has 31 heavy (non-hydrogen) atoms. The summed E-state index contributed by atoms with van der Waals surface area (Å²) in [6, 6.07) is 22.8. The molecule has 3 aromatic carbocycles. The minimum absolute atomic E-state index is 0.290. The Kier molecular flexibility index (Phi) is 8.13. The van der Waals surface area contributed by atoms with E-state index in [0.29, 0.717) is 35.3 Å². The van der Waals surface area contributed by atoms with Crippen LogP contribution in [0.1, 0.15) is 10.4 Å². The summed E-state index contributed by atoms with van der Waals surface area (Å²) in [6.45, 7) is 0.471. The van der Waals surface area contributed by atoms with Crippen molar-refractivity contribution in [3.8, 4) is 17.2 Å². The lowest BCUT2D eigenvalue weighted by molar-refractivity contribution is -0.123. The molecule has 2 amide bonds. The van der Waals surface area contributed by atoms with Crippen molar-refractivity contribution in [2.45, 2.75) is 0 Å². The number of hydrogen-bond acceptors (Lipinski definition) is 5. The zero-order valence-corrected chi connectivity index (χ0v) is 17.3. The lowest BCUT2D eigenvalue weighted by Crippen LogP contribution is -2.43. The molecule has 0 saturated carbocycles. The van der Waals surface area contributed by atoms with Gasteiger partial charge in [0, 0.05) is 5.56 Å². The van der Waals surface area contributed by atoms with Gasteiger partial charge in [-0.25, -0.2) is 0 Å². The standard InChI is InChI=1S/C23H21ClN2O5/c24-20-8-4-5-9-21(20)31-16-22(27)25-26-23(28)17-10-12-19(13-11-17)30-15-14-29-18-6-2-1-3-7-18/h1-13H,14-16H2,(H,25,27)(H,26,28). The Hall–Kier alpha value is -3.71. The number of rotatable bonds is 9. The number of hydrazine groups is 1. The molecule has 7 nitrogen and oxygen atoms in total. The smallest absolute Gasteiger partial charge is 0.276 e. The summed E-state index contributed by atoms with van der Waals surface area (Å²) in [6.07, 6.45) is 0. The van der Waals surface area contributed by atoms with Crippen molar-refractivity contribution in [1.29, 1.82) is 0 Å². The molecule has 0 unspecified atom stereocenters. The van der Waals surface area contributed by atoms with Crippen molar-refractivity contribution in [3.05, 3.63) is 89.4 Å². The van der Waals surface area contributed by atoms with Crippen LogP contribution in [0.4, 0.5) is 0 Å². The second kappa shape index (κ2) is 11.5. The largest absolute Gasteiger partial charge is 0.490 e. The molecule has 0 aromatic heterocycles. The molecule has 0 fully saturated rings. The van der Waals surface area contributed by atoms with Crippen molar-refractivity contribution in [1.82, 2.24) is 10.9 Å². The second-order valence-electron chi connectivity index (χ2n) is 6.26. The first kappa shape index (κ1) is 22.0. The molecule has 2 N–H and O–H groups in total. The molecule has 0 saturated heterocycles. The molecule has 0 atom stereocenters. The van der Waals surface area contributed by atoms with E-state index in [1.165, 1.54) is 0 Å². The van der Waals surface area contributed by atoms with Crippen LogP contribution in [-0.4, -0.2) is 31.6 Å². The van der Waals surface area contributed by atoms with Gasteiger partial charge in [0.15, 0.2) is 6.61 Å². The van der Waals surface area contributed by atoms with E-state index in [2.05, 4.69) is 10.9 Å². The maximum atomic E-state index is 12.2. The van der Waals surface area contributed by atoms with Crippen molar-refractivity contribution >= 4 is 23.4 Å². The lowest BCUT2D eigenvalue weighted by Gasteiger charge is -2.10. The topological polar surface area (TPSA) is 85.9 Å². The third kappa shape index (κ3) is 7.24. The first-order chi connectivity index (χ1) is 15.1. The Morgan fingerprint density at radius 2 is 1.32 bits per heavy atom. The number of carbonyl (C=O) groups excluding carboxylic acids is 2. The second-order valence-corrected chi connectivity index (χ2v) is 6.66. The van der Waals surface area contributed by atoms with Crippen molar-refractivity contribution in [2.24, 2.45) is 0 Å². The summed E-state index contributed by atoms with van der Waals surface area (Å²) in [5.74, 6) is 0.773. The summed E-state index contributed by atoms with van der Waals surface area (Å²) in [7, 11) is 0. The minimum Gasteiger partial charge on any atom is -0.490 e. The van der Waals surface area contributed by atoms with Gasteiger partial charge in [-0.3, -0.25) is 20.4 Å². The van der Waals surface area contributed by atoms with E-state index in [1.807, 2.05) is 30.3 Å². The normalized spacial score (nSPS) is 10.1. The molecule has 0 spiro atoms. The van der Waals surface area contributed by atoms with E-state index in [1.54, 1.807) is 48.5 Å². The van der Waals surface area contributed by atoms with E-state index in [-0.39, 0.29) is 6.61 Å². The van der Waals surface area contributed by atoms with Crippen LogP contribution in [0.15, 0.2) is 78.9 Å². The fourth-order valence-electron chi connectivity index (χ4n) is 2.48. The maximum Gasteiger partial charge on any atom is 0.276 e. The summed E-state index contributed by atoms with van der Waals surface area (Å²) in [5.41, 5.74) is 4.98. The summed E-state index contributed by atoms with van der Waals surface area (Å²) >= 11 is 5.95. The Bertz CT molecular complexity index is 996. The van der Waals surface area contributed by atoms with E-state index < -0.39 is 11.8 Å². The summed E-state index contributed by atoms with van der Waals surface area (Å²) in [5, 5.41) is 0.397. The number of para-hydroxylation sites is 2. The maximum absolute atomic E-state index is 12.2. The first-order valence-electron chi connectivity index (χ1n) is 9.49. The Morgan fingerprint density at radius 1 is 0.710 bits per heavy atom. The van der Waals surface area contributed by atoms with Gasteiger partial charge in [-0.1, -0.05) is 41.9 Å². The monoisotopic (exact) mass is 440 g/mol. The van der Waals surface area contributed by atoms with Gasteiger partial charge in [-0.2, -0.15) is 0 Å². The first-order valence-corrected chi connectivity index (χ1v) is 9.87. The SMILES string of the molecule is O=C(COc1ccccc1Cl)NNC(=O)c1ccc(OCCOc2ccccc2)cc1. The third-order valence-corrected chi connectivity index (χ3v) is 4.30. The predicted octanol–water partition coefficient (Wildman–Crippen LogP) is 3.64. The Morgan fingerprint density at radius 3 is 2.00 bits per heavy atom. The minimum atomic E-state index is -0.522. The van der Waals surface area contributed by atoms with Crippen LogP contribution in [0.25, 0.3) is 0 Å². The van der Waals surface area contributed by atoms with Crippen LogP contribution in [0.3, 0.4) is 0 Å². The van der Waals surface area contributed by atoms with E-state index in [4.69, 9.17) is 25.8 Å². The number of benzene rings is 3. The fourth-order valence-corrected chi connectivity index (χ4v) is 2.67. The van der Waals surface area contributed by atoms with Crippen LogP contribution >= 0.6 is 11.6 Å². The molecule has 3 aromatic rings. The molecule has 8 heteroatoms. The zero-order valence-electron chi connectivity index (χ0n) is 16.5. The van der Waals surface area contributed by atoms with Gasteiger partial charge >= 0.3 is 0 Å². The summed E-state index contributed by atoms with van der Waals surface area (Å²) in [4.78, 5) is 24.0. The molecule has 0 heterocycles. The van der Waals surface area contributed by atoms with E-state index in [0.717, 1.165) is 5.75 Å². The van der Waals surface area contributed by atoms with Crippen LogP contribution in [0, 0.1) is 0 Å². The summed E-state index contributed by atoms with van der Waals surface area (Å²) < 4.78 is 16.4. The number of nitrogens with one attached hydrogen (secondary N) is 2. The number of halogens is 1. The molecule has 0 radical (unpaired) electrons. The van der Waals surface area contributed by atoms with Gasteiger partial charge in [-0.05, 0) is 48.5 Å². The molecular formula is C23H21ClN2O5. The van der Waals surface area contributed by atoms with Gasteiger partial charge in [0.1, 0.15) is 30.5 Å². The van der Waals surface area contributed by atoms with Crippen LogP contribution in [0.5, 0.6) is 17.2 Å². The average Bonchev–Trinajstić information content (AvgIpc) is 2.81. The molecule has 0 aliphatic heterocycles. The molecule has 0 aliphatic rings. The molecular weight excluding hydrogens is 420 g/mol. The quantitative estimate of drug-likeness (QED) is 0.392. The highest BCUT2D eigenvalue weighted by Gasteiger charge is 2.09.